The molecular formula is C12H16N2O3. The molecule has 17 heavy (non-hydrogen) atoms. The molecule has 0 radical (unpaired) electrons. The number of rotatable bonds is 3. The summed E-state index contributed by atoms with van der Waals surface area (Å²) in [6.07, 6.45) is 2.57. The van der Waals surface area contributed by atoms with Crippen LogP contribution in [-0.2, 0) is 11.3 Å². The number of aromatic nitrogens is 1. The monoisotopic (exact) mass is 236 g/mol. The second-order valence-electron chi connectivity index (χ2n) is 4.10. The molecule has 0 spiro atoms. The van der Waals surface area contributed by atoms with E-state index in [9.17, 15) is 4.79 Å². The lowest BCUT2D eigenvalue weighted by atomic mass is 10.2. The van der Waals surface area contributed by atoms with Gasteiger partial charge in [-0.1, -0.05) is 0 Å². The fraction of sp³-hybridized carbons (Fsp3) is 0.500. The topological polar surface area (TPSA) is 62.7 Å². The first-order valence-corrected chi connectivity index (χ1v) is 5.74. The Morgan fingerprint density at radius 2 is 2.35 bits per heavy atom. The molecule has 0 amide bonds. The Morgan fingerprint density at radius 1 is 1.47 bits per heavy atom. The third kappa shape index (κ3) is 3.51. The van der Waals surface area contributed by atoms with Gasteiger partial charge in [0.1, 0.15) is 5.69 Å². The first-order valence-electron chi connectivity index (χ1n) is 5.74. The van der Waals surface area contributed by atoms with Crippen molar-refractivity contribution in [2.24, 2.45) is 0 Å². The molecule has 0 aromatic carbocycles. The number of hydrogen-bond acceptors (Lipinski definition) is 4. The number of pyridine rings is 1. The lowest BCUT2D eigenvalue weighted by Gasteiger charge is -2.18. The zero-order chi connectivity index (χ0) is 12.1. The van der Waals surface area contributed by atoms with Crippen molar-refractivity contribution in [1.29, 1.82) is 0 Å². The van der Waals surface area contributed by atoms with Crippen LogP contribution in [-0.4, -0.2) is 47.3 Å². The van der Waals surface area contributed by atoms with E-state index >= 15 is 0 Å². The Bertz CT molecular complexity index is 387. The predicted octanol–water partition coefficient (Wildman–Crippen LogP) is 1.00. The van der Waals surface area contributed by atoms with E-state index < -0.39 is 5.97 Å². The second kappa shape index (κ2) is 5.75. The van der Waals surface area contributed by atoms with Crippen LogP contribution in [0.2, 0.25) is 0 Å². The molecule has 1 fully saturated rings. The van der Waals surface area contributed by atoms with Gasteiger partial charge < -0.3 is 9.84 Å². The maximum Gasteiger partial charge on any atom is 0.354 e. The highest BCUT2D eigenvalue weighted by molar-refractivity contribution is 5.85. The zero-order valence-corrected chi connectivity index (χ0v) is 9.63. The normalized spacial score (nSPS) is 17.6. The first kappa shape index (κ1) is 12.0. The molecule has 5 nitrogen and oxygen atoms in total. The number of carboxylic acid groups (broad SMARTS) is 1. The Hall–Kier alpha value is -1.46. The summed E-state index contributed by atoms with van der Waals surface area (Å²) in [6, 6.07) is 3.49. The molecule has 1 aromatic rings. The van der Waals surface area contributed by atoms with Crippen LogP contribution in [0.15, 0.2) is 18.3 Å². The average Bonchev–Trinajstić information content (AvgIpc) is 2.58. The van der Waals surface area contributed by atoms with Crippen LogP contribution in [0, 0.1) is 0 Å². The van der Waals surface area contributed by atoms with Crippen molar-refractivity contribution in [3.05, 3.63) is 29.6 Å². The van der Waals surface area contributed by atoms with E-state index in [1.165, 1.54) is 0 Å². The van der Waals surface area contributed by atoms with E-state index in [-0.39, 0.29) is 5.69 Å². The number of carbonyl (C=O) groups is 1. The van der Waals surface area contributed by atoms with E-state index in [1.807, 2.05) is 6.07 Å². The molecular weight excluding hydrogens is 220 g/mol. The van der Waals surface area contributed by atoms with E-state index in [0.717, 1.165) is 44.8 Å². The van der Waals surface area contributed by atoms with Gasteiger partial charge in [-0.25, -0.2) is 9.78 Å². The fourth-order valence-corrected chi connectivity index (χ4v) is 1.90. The van der Waals surface area contributed by atoms with Crippen LogP contribution in [0.25, 0.3) is 0 Å². The van der Waals surface area contributed by atoms with Crippen molar-refractivity contribution in [3.63, 3.8) is 0 Å². The maximum absolute atomic E-state index is 10.8. The molecule has 92 valence electrons. The van der Waals surface area contributed by atoms with E-state index in [4.69, 9.17) is 9.84 Å². The SMILES string of the molecule is O=C(O)c1cc(CN2CCCOCC2)ccn1. The van der Waals surface area contributed by atoms with Crippen LogP contribution < -0.4 is 0 Å². The van der Waals surface area contributed by atoms with Gasteiger partial charge in [0.05, 0.1) is 6.61 Å². The highest BCUT2D eigenvalue weighted by atomic mass is 16.5. The average molecular weight is 236 g/mol. The molecule has 5 heteroatoms. The van der Waals surface area contributed by atoms with Gasteiger partial charge in [0.15, 0.2) is 0 Å². The standard InChI is InChI=1S/C12H16N2O3/c15-12(16)11-8-10(2-3-13-11)9-14-4-1-6-17-7-5-14/h2-3,8H,1,4-7,9H2,(H,15,16). The molecule has 2 rings (SSSR count). The minimum atomic E-state index is -0.981. The third-order valence-electron chi connectivity index (χ3n) is 2.76. The third-order valence-corrected chi connectivity index (χ3v) is 2.76. The molecule has 1 aliphatic rings. The summed E-state index contributed by atoms with van der Waals surface area (Å²) in [5.74, 6) is -0.981. The van der Waals surface area contributed by atoms with Gasteiger partial charge in [-0.15, -0.1) is 0 Å². The first-order chi connectivity index (χ1) is 8.25. The summed E-state index contributed by atoms with van der Waals surface area (Å²) >= 11 is 0. The predicted molar refractivity (Wildman–Crippen MR) is 61.9 cm³/mol. The lowest BCUT2D eigenvalue weighted by molar-refractivity contribution is 0.0690. The molecule has 1 N–H and O–H groups in total. The van der Waals surface area contributed by atoms with Crippen LogP contribution in [0.1, 0.15) is 22.5 Å². The van der Waals surface area contributed by atoms with Crippen molar-refractivity contribution in [2.45, 2.75) is 13.0 Å². The van der Waals surface area contributed by atoms with Gasteiger partial charge in [0, 0.05) is 32.4 Å². The van der Waals surface area contributed by atoms with Gasteiger partial charge in [0.25, 0.3) is 0 Å². The molecule has 0 bridgehead atoms. The van der Waals surface area contributed by atoms with E-state index in [0.29, 0.717) is 0 Å². The van der Waals surface area contributed by atoms with E-state index in [1.54, 1.807) is 12.3 Å². The summed E-state index contributed by atoms with van der Waals surface area (Å²) < 4.78 is 5.38. The molecule has 0 atom stereocenters. The van der Waals surface area contributed by atoms with Gasteiger partial charge >= 0.3 is 5.97 Å². The molecule has 0 saturated carbocycles. The van der Waals surface area contributed by atoms with Gasteiger partial charge in [-0.3, -0.25) is 4.90 Å². The molecule has 2 heterocycles. The van der Waals surface area contributed by atoms with Gasteiger partial charge in [0.2, 0.25) is 0 Å². The summed E-state index contributed by atoms with van der Waals surface area (Å²) in [6.45, 7) is 4.20. The zero-order valence-electron chi connectivity index (χ0n) is 9.63. The smallest absolute Gasteiger partial charge is 0.354 e. The molecule has 1 aliphatic heterocycles. The number of hydrogen-bond donors (Lipinski definition) is 1. The Balaban J connectivity index is 2.01. The van der Waals surface area contributed by atoms with Crippen LogP contribution in [0.3, 0.4) is 0 Å². The minimum absolute atomic E-state index is 0.105. The van der Waals surface area contributed by atoms with Crippen LogP contribution >= 0.6 is 0 Å². The van der Waals surface area contributed by atoms with Crippen molar-refractivity contribution >= 4 is 5.97 Å². The molecule has 1 aromatic heterocycles. The molecule has 0 aliphatic carbocycles. The van der Waals surface area contributed by atoms with Crippen molar-refractivity contribution < 1.29 is 14.6 Å². The van der Waals surface area contributed by atoms with Crippen molar-refractivity contribution in [2.75, 3.05) is 26.3 Å². The summed E-state index contributed by atoms with van der Waals surface area (Å²) in [4.78, 5) is 16.9. The molecule has 1 saturated heterocycles. The van der Waals surface area contributed by atoms with Crippen molar-refractivity contribution in [1.82, 2.24) is 9.88 Å². The maximum atomic E-state index is 10.8. The summed E-state index contributed by atoms with van der Waals surface area (Å²) in [5, 5.41) is 8.86. The number of nitrogens with zero attached hydrogens (tertiary/aromatic N) is 2. The highest BCUT2D eigenvalue weighted by Crippen LogP contribution is 2.08. The van der Waals surface area contributed by atoms with E-state index in [2.05, 4.69) is 9.88 Å². The summed E-state index contributed by atoms with van der Waals surface area (Å²) in [5.41, 5.74) is 1.09. The molecule has 0 unspecified atom stereocenters. The highest BCUT2D eigenvalue weighted by Gasteiger charge is 2.11. The number of ether oxygens (including phenoxy) is 1. The largest absolute Gasteiger partial charge is 0.477 e. The lowest BCUT2D eigenvalue weighted by Crippen LogP contribution is -2.26. The van der Waals surface area contributed by atoms with Crippen LogP contribution in [0.5, 0.6) is 0 Å². The quantitative estimate of drug-likeness (QED) is 0.848. The Labute approximate surface area is 100 Å². The minimum Gasteiger partial charge on any atom is -0.477 e. The Kier molecular flexibility index (Phi) is 4.06. The summed E-state index contributed by atoms with van der Waals surface area (Å²) in [7, 11) is 0. The van der Waals surface area contributed by atoms with Gasteiger partial charge in [-0.2, -0.15) is 0 Å². The fourth-order valence-electron chi connectivity index (χ4n) is 1.90. The number of aromatic carboxylic acids is 1. The van der Waals surface area contributed by atoms with Crippen molar-refractivity contribution in [3.8, 4) is 0 Å². The van der Waals surface area contributed by atoms with Gasteiger partial charge in [-0.05, 0) is 24.1 Å². The Morgan fingerprint density at radius 3 is 3.18 bits per heavy atom. The number of carboxylic acids is 1. The van der Waals surface area contributed by atoms with Crippen LogP contribution in [0.4, 0.5) is 0 Å². The second-order valence-corrected chi connectivity index (χ2v) is 4.10.